The Hall–Kier alpha value is -1.00. The van der Waals surface area contributed by atoms with Crippen molar-refractivity contribution in [1.82, 2.24) is 15.3 Å². The predicted octanol–water partition coefficient (Wildman–Crippen LogP) is 1.18. The second kappa shape index (κ2) is 4.68. The maximum absolute atomic E-state index is 5.33. The largest absolute Gasteiger partial charge is 0.374 e. The lowest BCUT2D eigenvalue weighted by atomic mass is 10.1. The van der Waals surface area contributed by atoms with Crippen LogP contribution in [0.3, 0.4) is 0 Å². The monoisotopic (exact) mass is 207 g/mol. The van der Waals surface area contributed by atoms with Gasteiger partial charge < -0.3 is 10.1 Å². The topological polar surface area (TPSA) is 47.0 Å². The number of ether oxygens (including phenoxy) is 1. The van der Waals surface area contributed by atoms with Crippen molar-refractivity contribution in [2.45, 2.75) is 40.0 Å². The zero-order chi connectivity index (χ0) is 10.7. The van der Waals surface area contributed by atoms with Crippen molar-refractivity contribution in [2.24, 2.45) is 0 Å². The minimum atomic E-state index is 0.525. The molecule has 2 heterocycles. The fourth-order valence-electron chi connectivity index (χ4n) is 1.84. The number of fused-ring (bicyclic) bond motifs is 1. The van der Waals surface area contributed by atoms with Crippen molar-refractivity contribution >= 4 is 0 Å². The van der Waals surface area contributed by atoms with E-state index in [1.165, 1.54) is 11.3 Å². The van der Waals surface area contributed by atoms with Crippen molar-refractivity contribution in [3.63, 3.8) is 0 Å². The molecule has 0 saturated carbocycles. The Morgan fingerprint density at radius 3 is 2.87 bits per heavy atom. The van der Waals surface area contributed by atoms with Crippen molar-refractivity contribution < 1.29 is 4.74 Å². The summed E-state index contributed by atoms with van der Waals surface area (Å²) in [4.78, 5) is 9.03. The van der Waals surface area contributed by atoms with Gasteiger partial charge in [0, 0.05) is 31.0 Å². The van der Waals surface area contributed by atoms with Crippen LogP contribution in [0, 0.1) is 0 Å². The summed E-state index contributed by atoms with van der Waals surface area (Å²) in [5, 5.41) is 3.30. The number of aromatic nitrogens is 2. The zero-order valence-electron chi connectivity index (χ0n) is 9.34. The summed E-state index contributed by atoms with van der Waals surface area (Å²) in [7, 11) is 0. The zero-order valence-corrected chi connectivity index (χ0v) is 9.34. The van der Waals surface area contributed by atoms with Gasteiger partial charge in [-0.1, -0.05) is 6.92 Å². The van der Waals surface area contributed by atoms with Gasteiger partial charge in [-0.25, -0.2) is 9.97 Å². The van der Waals surface area contributed by atoms with Crippen molar-refractivity contribution in [3.8, 4) is 0 Å². The number of rotatable bonds is 4. The molecule has 0 fully saturated rings. The van der Waals surface area contributed by atoms with Gasteiger partial charge in [0.2, 0.25) is 0 Å². The third-order valence-corrected chi connectivity index (χ3v) is 2.59. The molecule has 0 atom stereocenters. The molecule has 0 aromatic carbocycles. The van der Waals surface area contributed by atoms with E-state index in [1.807, 2.05) is 6.92 Å². The Kier molecular flexibility index (Phi) is 3.28. The highest BCUT2D eigenvalue weighted by Crippen LogP contribution is 2.17. The van der Waals surface area contributed by atoms with Crippen LogP contribution in [0.1, 0.15) is 36.6 Å². The number of nitrogens with zero attached hydrogens (tertiary/aromatic N) is 2. The Morgan fingerprint density at radius 1 is 1.27 bits per heavy atom. The second-order valence-electron chi connectivity index (χ2n) is 3.61. The summed E-state index contributed by atoms with van der Waals surface area (Å²) in [6, 6.07) is 0. The van der Waals surface area contributed by atoms with E-state index in [0.717, 1.165) is 31.0 Å². The van der Waals surface area contributed by atoms with Crippen LogP contribution in [0.4, 0.5) is 0 Å². The van der Waals surface area contributed by atoms with Crippen LogP contribution in [0.25, 0.3) is 0 Å². The van der Waals surface area contributed by atoms with Crippen molar-refractivity contribution in [1.29, 1.82) is 0 Å². The summed E-state index contributed by atoms with van der Waals surface area (Å²) < 4.78 is 5.33. The highest BCUT2D eigenvalue weighted by atomic mass is 16.5. The van der Waals surface area contributed by atoms with E-state index >= 15 is 0 Å². The van der Waals surface area contributed by atoms with Gasteiger partial charge in [0.15, 0.2) is 5.82 Å². The molecule has 0 amide bonds. The number of nitrogens with one attached hydrogen (secondary N) is 1. The molecule has 1 aromatic heterocycles. The quantitative estimate of drug-likeness (QED) is 0.805. The Balaban J connectivity index is 2.26. The van der Waals surface area contributed by atoms with Crippen LogP contribution in [-0.2, 0) is 30.9 Å². The minimum absolute atomic E-state index is 0.525. The van der Waals surface area contributed by atoms with Gasteiger partial charge in [0.1, 0.15) is 6.61 Å². The minimum Gasteiger partial charge on any atom is -0.374 e. The molecule has 82 valence electrons. The molecule has 0 saturated heterocycles. The number of hydrogen-bond donors (Lipinski definition) is 1. The Morgan fingerprint density at radius 2 is 2.13 bits per heavy atom. The number of aryl methyl sites for hydroxylation is 1. The van der Waals surface area contributed by atoms with Crippen LogP contribution in [0.2, 0.25) is 0 Å². The fourth-order valence-corrected chi connectivity index (χ4v) is 1.84. The lowest BCUT2D eigenvalue weighted by molar-refractivity contribution is 0.128. The summed E-state index contributed by atoms with van der Waals surface area (Å²) in [6.07, 6.45) is 0.964. The van der Waals surface area contributed by atoms with Gasteiger partial charge in [-0.3, -0.25) is 0 Å². The Bertz CT molecular complexity index is 352. The standard InChI is InChI=1S/C11H17N3O/c1-3-9-8-5-12-6-10(8)14-11(13-9)7-15-4-2/h12H,3-7H2,1-2H3. The van der Waals surface area contributed by atoms with E-state index < -0.39 is 0 Å². The van der Waals surface area contributed by atoms with Gasteiger partial charge >= 0.3 is 0 Å². The fraction of sp³-hybridized carbons (Fsp3) is 0.636. The molecule has 4 nitrogen and oxygen atoms in total. The highest BCUT2D eigenvalue weighted by Gasteiger charge is 2.17. The average Bonchev–Trinajstić information content (AvgIpc) is 2.73. The van der Waals surface area contributed by atoms with Gasteiger partial charge in [-0.05, 0) is 13.3 Å². The van der Waals surface area contributed by atoms with E-state index in [-0.39, 0.29) is 0 Å². The van der Waals surface area contributed by atoms with E-state index in [1.54, 1.807) is 0 Å². The van der Waals surface area contributed by atoms with Gasteiger partial charge in [0.05, 0.1) is 5.69 Å². The molecule has 1 aliphatic rings. The smallest absolute Gasteiger partial charge is 0.154 e. The van der Waals surface area contributed by atoms with Crippen LogP contribution >= 0.6 is 0 Å². The van der Waals surface area contributed by atoms with Gasteiger partial charge in [-0.2, -0.15) is 0 Å². The molecule has 0 spiro atoms. The third-order valence-electron chi connectivity index (χ3n) is 2.59. The second-order valence-corrected chi connectivity index (χ2v) is 3.61. The van der Waals surface area contributed by atoms with E-state index in [4.69, 9.17) is 4.74 Å². The van der Waals surface area contributed by atoms with Crippen LogP contribution in [-0.4, -0.2) is 16.6 Å². The highest BCUT2D eigenvalue weighted by molar-refractivity contribution is 5.29. The Labute approximate surface area is 90.1 Å². The molecule has 1 aromatic rings. The summed E-state index contributed by atoms with van der Waals surface area (Å²) in [6.45, 7) is 7.12. The molecule has 0 unspecified atom stereocenters. The molecule has 4 heteroatoms. The molecule has 0 bridgehead atoms. The first kappa shape index (κ1) is 10.5. The molecular weight excluding hydrogens is 190 g/mol. The summed E-state index contributed by atoms with van der Waals surface area (Å²) in [5.74, 6) is 0.816. The molecular formula is C11H17N3O. The third kappa shape index (κ3) is 2.16. The average molecular weight is 207 g/mol. The van der Waals surface area contributed by atoms with E-state index in [0.29, 0.717) is 13.2 Å². The molecule has 1 N–H and O–H groups in total. The first-order valence-corrected chi connectivity index (χ1v) is 5.51. The first-order chi connectivity index (χ1) is 7.35. The molecule has 1 aliphatic heterocycles. The molecule has 2 rings (SSSR count). The van der Waals surface area contributed by atoms with Crippen LogP contribution < -0.4 is 5.32 Å². The first-order valence-electron chi connectivity index (χ1n) is 5.51. The molecule has 15 heavy (non-hydrogen) atoms. The maximum Gasteiger partial charge on any atom is 0.154 e. The van der Waals surface area contributed by atoms with Crippen molar-refractivity contribution in [2.75, 3.05) is 6.61 Å². The lowest BCUT2D eigenvalue weighted by Crippen LogP contribution is -2.06. The summed E-state index contributed by atoms with van der Waals surface area (Å²) >= 11 is 0. The maximum atomic E-state index is 5.33. The van der Waals surface area contributed by atoms with Crippen LogP contribution in [0.5, 0.6) is 0 Å². The normalized spacial score (nSPS) is 14.3. The van der Waals surface area contributed by atoms with Crippen molar-refractivity contribution in [3.05, 3.63) is 22.8 Å². The van der Waals surface area contributed by atoms with Crippen LogP contribution in [0.15, 0.2) is 0 Å². The van der Waals surface area contributed by atoms with Gasteiger partial charge in [0.25, 0.3) is 0 Å². The molecule has 0 radical (unpaired) electrons. The van der Waals surface area contributed by atoms with Gasteiger partial charge in [-0.15, -0.1) is 0 Å². The number of hydrogen-bond acceptors (Lipinski definition) is 4. The summed E-state index contributed by atoms with van der Waals surface area (Å²) in [5.41, 5.74) is 3.61. The predicted molar refractivity (Wildman–Crippen MR) is 57.3 cm³/mol. The van der Waals surface area contributed by atoms with E-state index in [9.17, 15) is 0 Å². The SMILES string of the molecule is CCOCc1nc(CC)c2c(n1)CNC2. The molecule has 0 aliphatic carbocycles. The lowest BCUT2D eigenvalue weighted by Gasteiger charge is -2.07. The van der Waals surface area contributed by atoms with E-state index in [2.05, 4.69) is 22.2 Å².